The molecule has 0 aromatic carbocycles. The zero-order chi connectivity index (χ0) is 26.4. The summed E-state index contributed by atoms with van der Waals surface area (Å²) < 4.78 is 235. The average Bonchev–Trinajstić information content (AvgIpc) is 2.51. The van der Waals surface area contributed by atoms with Crippen LogP contribution in [0, 0.1) is 0 Å². The number of rotatable bonds is 10. The molecule has 0 aliphatic carbocycles. The van der Waals surface area contributed by atoms with Crippen molar-refractivity contribution in [1.29, 1.82) is 0 Å². The molecular formula is C11H6F18O3. The largest absolute Gasteiger partial charge is 0.460 e. The Morgan fingerprint density at radius 1 is 0.469 bits per heavy atom. The Morgan fingerprint density at radius 3 is 0.906 bits per heavy atom. The van der Waals surface area contributed by atoms with Crippen LogP contribution in [0.25, 0.3) is 0 Å². The Bertz CT molecular complexity index is 583. The van der Waals surface area contributed by atoms with Gasteiger partial charge >= 0.3 is 48.3 Å². The average molecular weight is 528 g/mol. The van der Waals surface area contributed by atoms with Crippen LogP contribution in [0.15, 0.2) is 0 Å². The van der Waals surface area contributed by atoms with Crippen LogP contribution in [0.1, 0.15) is 6.92 Å². The smallest absolute Gasteiger partial charge is 0.330 e. The summed E-state index contributed by atoms with van der Waals surface area (Å²) in [4.78, 5) is 0. The molecule has 0 heterocycles. The van der Waals surface area contributed by atoms with Crippen molar-refractivity contribution in [2.24, 2.45) is 0 Å². The van der Waals surface area contributed by atoms with Gasteiger partial charge in [-0.2, -0.15) is 79.0 Å². The SMILES string of the molecule is CCOC(OC(F)(F)C(F)(F)C(F)(F)C(F)(F)F)OC(F)(F)C(F)(F)C(F)(F)C(F)(F)F. The van der Waals surface area contributed by atoms with Crippen LogP contribution >= 0.6 is 0 Å². The number of hydrogen-bond donors (Lipinski definition) is 0. The predicted octanol–water partition coefficient (Wildman–Crippen LogP) is 6.19. The minimum Gasteiger partial charge on any atom is -0.330 e. The monoisotopic (exact) mass is 528 g/mol. The molecule has 21 heteroatoms. The summed E-state index contributed by atoms with van der Waals surface area (Å²) in [7, 11) is 0. The lowest BCUT2D eigenvalue weighted by atomic mass is 10.1. The number of alkyl halides is 18. The van der Waals surface area contributed by atoms with E-state index in [1.165, 1.54) is 0 Å². The molecule has 3 nitrogen and oxygen atoms in total. The van der Waals surface area contributed by atoms with Crippen LogP contribution in [0.5, 0.6) is 0 Å². The third-order valence-corrected chi connectivity index (χ3v) is 3.02. The molecule has 0 amide bonds. The summed E-state index contributed by atoms with van der Waals surface area (Å²) in [5, 5.41) is 0. The van der Waals surface area contributed by atoms with Crippen LogP contribution in [-0.2, 0) is 14.2 Å². The zero-order valence-electron chi connectivity index (χ0n) is 14.3. The lowest BCUT2D eigenvalue weighted by Crippen LogP contribution is -2.64. The van der Waals surface area contributed by atoms with Crippen LogP contribution in [0.4, 0.5) is 79.0 Å². The van der Waals surface area contributed by atoms with Crippen LogP contribution in [0.3, 0.4) is 0 Å². The Kier molecular flexibility index (Phi) is 8.07. The van der Waals surface area contributed by atoms with Gasteiger partial charge in [-0.3, -0.25) is 9.47 Å². The Morgan fingerprint density at radius 2 is 0.719 bits per heavy atom. The van der Waals surface area contributed by atoms with Gasteiger partial charge in [0.2, 0.25) is 0 Å². The highest BCUT2D eigenvalue weighted by molar-refractivity contribution is 4.98. The summed E-state index contributed by atoms with van der Waals surface area (Å²) in [6.45, 7) is -5.57. The van der Waals surface area contributed by atoms with E-state index in [-0.39, 0.29) is 0 Å². The summed E-state index contributed by atoms with van der Waals surface area (Å²) >= 11 is 0. The van der Waals surface area contributed by atoms with Crippen molar-refractivity contribution < 1.29 is 93.2 Å². The second-order valence-corrected chi connectivity index (χ2v) is 5.31. The third kappa shape index (κ3) is 5.07. The van der Waals surface area contributed by atoms with E-state index in [9.17, 15) is 79.0 Å². The first kappa shape index (κ1) is 30.6. The van der Waals surface area contributed by atoms with Crippen molar-refractivity contribution in [2.45, 2.75) is 61.7 Å². The van der Waals surface area contributed by atoms with E-state index in [0.29, 0.717) is 6.92 Å². The molecule has 0 aromatic heterocycles. The van der Waals surface area contributed by atoms with Crippen molar-refractivity contribution in [2.75, 3.05) is 6.61 Å². The highest BCUT2D eigenvalue weighted by atomic mass is 19.4. The highest BCUT2D eigenvalue weighted by Gasteiger charge is 2.85. The molecule has 0 fully saturated rings. The van der Waals surface area contributed by atoms with E-state index in [2.05, 4.69) is 14.2 Å². The van der Waals surface area contributed by atoms with Gasteiger partial charge in [0.05, 0.1) is 0 Å². The van der Waals surface area contributed by atoms with Gasteiger partial charge < -0.3 is 4.74 Å². The minimum absolute atomic E-state index is 0.473. The van der Waals surface area contributed by atoms with E-state index < -0.39 is 61.3 Å². The van der Waals surface area contributed by atoms with Gasteiger partial charge in [-0.05, 0) is 6.92 Å². The summed E-state index contributed by atoms with van der Waals surface area (Å²) in [6.07, 6.45) is -29.4. The Labute approximate surface area is 163 Å². The van der Waals surface area contributed by atoms with Gasteiger partial charge in [0.25, 0.3) is 6.48 Å². The fourth-order valence-corrected chi connectivity index (χ4v) is 1.34. The van der Waals surface area contributed by atoms with Gasteiger partial charge in [-0.15, -0.1) is 0 Å². The molecule has 0 radical (unpaired) electrons. The Hall–Kier alpha value is -1.38. The van der Waals surface area contributed by atoms with Crippen molar-refractivity contribution in [3.8, 4) is 0 Å². The molecule has 0 N–H and O–H groups in total. The summed E-state index contributed by atoms with van der Waals surface area (Å²) in [5.74, 6) is -30.8. The number of hydrogen-bond acceptors (Lipinski definition) is 3. The number of ether oxygens (including phenoxy) is 3. The molecule has 0 atom stereocenters. The highest BCUT2D eigenvalue weighted by Crippen LogP contribution is 2.56. The second-order valence-electron chi connectivity index (χ2n) is 5.31. The molecule has 0 saturated carbocycles. The third-order valence-electron chi connectivity index (χ3n) is 3.02. The molecule has 194 valence electrons. The lowest BCUT2D eigenvalue weighted by molar-refractivity contribution is -0.524. The molecule has 32 heavy (non-hydrogen) atoms. The van der Waals surface area contributed by atoms with Crippen molar-refractivity contribution >= 4 is 0 Å². The molecule has 0 unspecified atom stereocenters. The van der Waals surface area contributed by atoms with E-state index in [1.54, 1.807) is 0 Å². The van der Waals surface area contributed by atoms with E-state index in [1.807, 2.05) is 0 Å². The fourth-order valence-electron chi connectivity index (χ4n) is 1.34. The summed E-state index contributed by atoms with van der Waals surface area (Å²) in [6, 6.07) is 0. The first-order chi connectivity index (χ1) is 13.6. The standard InChI is InChI=1S/C11H6F18O3/c1-2-30-3(31-10(26,27)6(16,17)4(12,13)8(20,21)22)32-11(28,29)7(18,19)5(14,15)9(23,24)25/h3H,2H2,1H3. The minimum atomic E-state index is -7.70. The maximum atomic E-state index is 13.2. The quantitative estimate of drug-likeness (QED) is 0.250. The van der Waals surface area contributed by atoms with Crippen molar-refractivity contribution in [1.82, 2.24) is 0 Å². The molecule has 0 spiro atoms. The molecule has 0 aliphatic rings. The van der Waals surface area contributed by atoms with Gasteiger partial charge in [0, 0.05) is 6.61 Å². The fraction of sp³-hybridized carbons (Fsp3) is 1.00. The molecule has 0 aromatic rings. The van der Waals surface area contributed by atoms with Crippen LogP contribution in [-0.4, -0.2) is 61.3 Å². The normalized spacial score (nSPS) is 16.1. The van der Waals surface area contributed by atoms with Gasteiger partial charge in [0.15, 0.2) is 0 Å². The lowest BCUT2D eigenvalue weighted by Gasteiger charge is -2.37. The van der Waals surface area contributed by atoms with E-state index >= 15 is 0 Å². The maximum Gasteiger partial charge on any atom is 0.460 e. The maximum absolute atomic E-state index is 13.2. The molecule has 0 aliphatic heterocycles. The molecule has 0 saturated heterocycles. The molecule has 0 rings (SSSR count). The number of halogens is 18. The first-order valence-corrected chi connectivity index (χ1v) is 7.01. The first-order valence-electron chi connectivity index (χ1n) is 7.01. The van der Waals surface area contributed by atoms with Gasteiger partial charge in [-0.25, -0.2) is 0 Å². The second kappa shape index (κ2) is 8.44. The van der Waals surface area contributed by atoms with Crippen molar-refractivity contribution in [3.63, 3.8) is 0 Å². The summed E-state index contributed by atoms with van der Waals surface area (Å²) in [5.41, 5.74) is 0. The van der Waals surface area contributed by atoms with E-state index in [4.69, 9.17) is 0 Å². The topological polar surface area (TPSA) is 27.7 Å². The zero-order valence-corrected chi connectivity index (χ0v) is 14.3. The van der Waals surface area contributed by atoms with Crippen LogP contribution < -0.4 is 0 Å². The van der Waals surface area contributed by atoms with Crippen molar-refractivity contribution in [3.05, 3.63) is 0 Å². The van der Waals surface area contributed by atoms with E-state index in [0.717, 1.165) is 0 Å². The molecular weight excluding hydrogens is 522 g/mol. The van der Waals surface area contributed by atoms with Gasteiger partial charge in [-0.1, -0.05) is 0 Å². The Balaban J connectivity index is 6.12. The van der Waals surface area contributed by atoms with Gasteiger partial charge in [0.1, 0.15) is 0 Å². The molecule has 0 bridgehead atoms. The van der Waals surface area contributed by atoms with Crippen LogP contribution in [0.2, 0.25) is 0 Å². The predicted molar refractivity (Wildman–Crippen MR) is 59.4 cm³/mol.